The zero-order valence-electron chi connectivity index (χ0n) is 9.34. The molecule has 0 saturated heterocycles. The number of carbonyl (C=O) groups excluding carboxylic acids is 1. The van der Waals surface area contributed by atoms with Gasteiger partial charge >= 0.3 is 0 Å². The number of anilines is 1. The maximum atomic E-state index is 11.7. The van der Waals surface area contributed by atoms with Crippen molar-refractivity contribution in [1.29, 1.82) is 0 Å². The van der Waals surface area contributed by atoms with Crippen LogP contribution in [0.25, 0.3) is 0 Å². The van der Waals surface area contributed by atoms with E-state index in [-0.39, 0.29) is 18.0 Å². The highest BCUT2D eigenvalue weighted by Crippen LogP contribution is 2.20. The summed E-state index contributed by atoms with van der Waals surface area (Å²) in [6.07, 6.45) is 1.45. The van der Waals surface area contributed by atoms with Gasteiger partial charge in [0.1, 0.15) is 6.54 Å². The maximum Gasteiger partial charge on any atom is 0.267 e. The number of para-hydroxylation sites is 1. The van der Waals surface area contributed by atoms with Crippen molar-refractivity contribution in [3.05, 3.63) is 58.0 Å². The molecule has 1 amide bonds. The molecule has 0 spiro atoms. The van der Waals surface area contributed by atoms with Gasteiger partial charge in [-0.2, -0.15) is 5.10 Å². The zero-order valence-corrected chi connectivity index (χ0v) is 10.1. The summed E-state index contributed by atoms with van der Waals surface area (Å²) in [6, 6.07) is 9.74. The van der Waals surface area contributed by atoms with E-state index >= 15 is 0 Å². The molecule has 6 heteroatoms. The van der Waals surface area contributed by atoms with Crippen LogP contribution in [0.15, 0.2) is 47.4 Å². The molecule has 0 saturated carbocycles. The fourth-order valence-corrected chi connectivity index (χ4v) is 1.58. The molecule has 2 rings (SSSR count). The van der Waals surface area contributed by atoms with Gasteiger partial charge in [0.2, 0.25) is 5.91 Å². The van der Waals surface area contributed by atoms with Crippen LogP contribution in [0.1, 0.15) is 0 Å². The third-order valence-corrected chi connectivity index (χ3v) is 2.56. The average molecular weight is 264 g/mol. The fourth-order valence-electron chi connectivity index (χ4n) is 1.39. The fraction of sp³-hybridized carbons (Fsp3) is 0.0833. The second kappa shape index (κ2) is 5.46. The van der Waals surface area contributed by atoms with E-state index in [4.69, 9.17) is 11.6 Å². The van der Waals surface area contributed by atoms with Crippen LogP contribution in [-0.4, -0.2) is 15.7 Å². The second-order valence-electron chi connectivity index (χ2n) is 3.55. The van der Waals surface area contributed by atoms with Gasteiger partial charge in [-0.25, -0.2) is 4.68 Å². The molecule has 0 bridgehead atoms. The smallest absolute Gasteiger partial charge is 0.267 e. The Balaban J connectivity index is 2.09. The summed E-state index contributed by atoms with van der Waals surface area (Å²) in [5.74, 6) is -0.358. The lowest BCUT2D eigenvalue weighted by Crippen LogP contribution is -2.28. The molecule has 0 aliphatic heterocycles. The molecule has 0 radical (unpaired) electrons. The van der Waals surface area contributed by atoms with Crippen LogP contribution in [0.3, 0.4) is 0 Å². The van der Waals surface area contributed by atoms with Gasteiger partial charge in [0.05, 0.1) is 10.7 Å². The first-order chi connectivity index (χ1) is 8.66. The minimum atomic E-state index is -0.358. The normalized spacial score (nSPS) is 10.1. The number of rotatable bonds is 3. The molecule has 18 heavy (non-hydrogen) atoms. The minimum absolute atomic E-state index is 0.148. The summed E-state index contributed by atoms with van der Waals surface area (Å²) >= 11 is 5.90. The predicted molar refractivity (Wildman–Crippen MR) is 68.6 cm³/mol. The summed E-state index contributed by atoms with van der Waals surface area (Å²) in [5, 5.41) is 6.85. The molecule has 0 aliphatic carbocycles. The standard InChI is InChI=1S/C12H10ClN3O2/c13-9-4-1-2-5-10(9)15-11(17)8-16-12(18)6-3-7-14-16/h1-7H,8H2,(H,15,17). The van der Waals surface area contributed by atoms with E-state index in [0.29, 0.717) is 10.7 Å². The molecule has 0 aliphatic rings. The van der Waals surface area contributed by atoms with Gasteiger partial charge < -0.3 is 5.32 Å². The summed E-state index contributed by atoms with van der Waals surface area (Å²) < 4.78 is 1.08. The highest BCUT2D eigenvalue weighted by molar-refractivity contribution is 6.33. The number of benzene rings is 1. The van der Waals surface area contributed by atoms with E-state index in [9.17, 15) is 9.59 Å². The molecule has 5 nitrogen and oxygen atoms in total. The number of nitrogens with one attached hydrogen (secondary N) is 1. The van der Waals surface area contributed by atoms with E-state index in [2.05, 4.69) is 10.4 Å². The Morgan fingerprint density at radius 2 is 2.06 bits per heavy atom. The van der Waals surface area contributed by atoms with Crippen molar-refractivity contribution < 1.29 is 4.79 Å². The number of hydrogen-bond acceptors (Lipinski definition) is 3. The van der Waals surface area contributed by atoms with Gasteiger partial charge in [-0.15, -0.1) is 0 Å². The Labute approximate surface area is 108 Å². The number of nitrogens with zero attached hydrogens (tertiary/aromatic N) is 2. The maximum absolute atomic E-state index is 11.7. The number of halogens is 1. The molecule has 1 heterocycles. The second-order valence-corrected chi connectivity index (χ2v) is 3.95. The minimum Gasteiger partial charge on any atom is -0.323 e. The van der Waals surface area contributed by atoms with E-state index < -0.39 is 0 Å². The van der Waals surface area contributed by atoms with E-state index in [0.717, 1.165) is 4.68 Å². The Morgan fingerprint density at radius 1 is 1.28 bits per heavy atom. The predicted octanol–water partition coefficient (Wildman–Crippen LogP) is 1.54. The van der Waals surface area contributed by atoms with Crippen molar-refractivity contribution in [3.8, 4) is 0 Å². The third kappa shape index (κ3) is 2.95. The van der Waals surface area contributed by atoms with Gasteiger partial charge in [-0.1, -0.05) is 23.7 Å². The Morgan fingerprint density at radius 3 is 2.78 bits per heavy atom. The van der Waals surface area contributed by atoms with Gasteiger partial charge in [0.25, 0.3) is 5.56 Å². The highest BCUT2D eigenvalue weighted by atomic mass is 35.5. The van der Waals surface area contributed by atoms with Crippen molar-refractivity contribution >= 4 is 23.2 Å². The lowest BCUT2D eigenvalue weighted by atomic mass is 10.3. The summed E-state index contributed by atoms with van der Waals surface area (Å²) in [5.41, 5.74) is 0.181. The number of aromatic nitrogens is 2. The number of hydrogen-bond donors (Lipinski definition) is 1. The molecule has 0 fully saturated rings. The first-order valence-electron chi connectivity index (χ1n) is 5.23. The van der Waals surface area contributed by atoms with Crippen molar-refractivity contribution in [3.63, 3.8) is 0 Å². The molecule has 1 aromatic carbocycles. The zero-order chi connectivity index (χ0) is 13.0. The average Bonchev–Trinajstić information content (AvgIpc) is 2.35. The van der Waals surface area contributed by atoms with E-state index in [1.807, 2.05) is 0 Å². The summed E-state index contributed by atoms with van der Waals surface area (Å²) in [7, 11) is 0. The van der Waals surface area contributed by atoms with Crippen LogP contribution in [0.2, 0.25) is 5.02 Å². The van der Waals surface area contributed by atoms with Crippen LogP contribution in [0, 0.1) is 0 Å². The van der Waals surface area contributed by atoms with Crippen LogP contribution >= 0.6 is 11.6 Å². The largest absolute Gasteiger partial charge is 0.323 e. The lowest BCUT2D eigenvalue weighted by Gasteiger charge is -2.07. The van der Waals surface area contributed by atoms with Crippen molar-refractivity contribution in [2.24, 2.45) is 0 Å². The van der Waals surface area contributed by atoms with Crippen LogP contribution in [0.4, 0.5) is 5.69 Å². The Bertz CT molecular complexity index is 624. The first kappa shape index (κ1) is 12.3. The van der Waals surface area contributed by atoms with Gasteiger partial charge in [-0.05, 0) is 18.2 Å². The molecule has 2 aromatic rings. The Hall–Kier alpha value is -2.14. The Kier molecular flexibility index (Phi) is 3.74. The van der Waals surface area contributed by atoms with Crippen LogP contribution < -0.4 is 10.9 Å². The van der Waals surface area contributed by atoms with Gasteiger partial charge in [0, 0.05) is 12.3 Å². The molecule has 1 N–H and O–H groups in total. The highest BCUT2D eigenvalue weighted by Gasteiger charge is 2.07. The molecular weight excluding hydrogens is 254 g/mol. The lowest BCUT2D eigenvalue weighted by molar-refractivity contribution is -0.117. The van der Waals surface area contributed by atoms with Gasteiger partial charge in [0.15, 0.2) is 0 Å². The topological polar surface area (TPSA) is 64.0 Å². The molecule has 0 unspecified atom stereocenters. The molecule has 0 atom stereocenters. The molecular formula is C12H10ClN3O2. The molecule has 92 valence electrons. The SMILES string of the molecule is O=C(Cn1ncccc1=O)Nc1ccccc1Cl. The van der Waals surface area contributed by atoms with Crippen LogP contribution in [-0.2, 0) is 11.3 Å². The monoisotopic (exact) mass is 263 g/mol. The van der Waals surface area contributed by atoms with E-state index in [1.165, 1.54) is 18.3 Å². The van der Waals surface area contributed by atoms with Crippen LogP contribution in [0.5, 0.6) is 0 Å². The summed E-state index contributed by atoms with van der Waals surface area (Å²) in [4.78, 5) is 23.1. The first-order valence-corrected chi connectivity index (χ1v) is 5.61. The van der Waals surface area contributed by atoms with Crippen molar-refractivity contribution in [2.45, 2.75) is 6.54 Å². The molecule has 1 aromatic heterocycles. The van der Waals surface area contributed by atoms with Crippen molar-refractivity contribution in [2.75, 3.05) is 5.32 Å². The third-order valence-electron chi connectivity index (χ3n) is 2.23. The van der Waals surface area contributed by atoms with Crippen molar-refractivity contribution in [1.82, 2.24) is 9.78 Å². The quantitative estimate of drug-likeness (QED) is 0.913. The van der Waals surface area contributed by atoms with E-state index in [1.54, 1.807) is 24.3 Å². The number of carbonyl (C=O) groups is 1. The van der Waals surface area contributed by atoms with Gasteiger partial charge in [-0.3, -0.25) is 9.59 Å². The number of amides is 1. The summed E-state index contributed by atoms with van der Waals surface area (Å²) in [6.45, 7) is -0.148.